The van der Waals surface area contributed by atoms with E-state index in [9.17, 15) is 20.0 Å². The van der Waals surface area contributed by atoms with Gasteiger partial charge in [-0.3, -0.25) is 0 Å². The second-order valence-electron chi connectivity index (χ2n) is 7.96. The molecule has 29 heavy (non-hydrogen) atoms. The number of rotatable bonds is 1. The van der Waals surface area contributed by atoms with Gasteiger partial charge in [0.05, 0.1) is 24.9 Å². The Balaban J connectivity index is 1.84. The van der Waals surface area contributed by atoms with Crippen molar-refractivity contribution in [1.82, 2.24) is 19.8 Å². The smallest absolute Gasteiger partial charge is 0.410 e. The van der Waals surface area contributed by atoms with Gasteiger partial charge in [0.15, 0.2) is 0 Å². The summed E-state index contributed by atoms with van der Waals surface area (Å²) in [5, 5.41) is 18.9. The fourth-order valence-electron chi connectivity index (χ4n) is 3.42. The molecule has 2 amide bonds. The summed E-state index contributed by atoms with van der Waals surface area (Å²) in [7, 11) is 0. The molecule has 2 aliphatic heterocycles. The molecule has 0 aromatic carbocycles. The fraction of sp³-hybridized carbons (Fsp3) is 0.611. The minimum Gasteiger partial charge on any atom is -0.465 e. The molecule has 1 fully saturated rings. The number of amides is 2. The van der Waals surface area contributed by atoms with Gasteiger partial charge < -0.3 is 24.5 Å². The number of anilines is 1. The number of carbonyl (C=O) groups excluding carboxylic acids is 1. The zero-order valence-electron chi connectivity index (χ0n) is 16.6. The fourth-order valence-corrected chi connectivity index (χ4v) is 3.60. The van der Waals surface area contributed by atoms with Crippen molar-refractivity contribution in [2.24, 2.45) is 0 Å². The van der Waals surface area contributed by atoms with Crippen LogP contribution in [-0.4, -0.2) is 74.9 Å². The van der Waals surface area contributed by atoms with Crippen LogP contribution in [0.1, 0.15) is 32.0 Å². The van der Waals surface area contributed by atoms with E-state index in [1.54, 1.807) is 20.8 Å². The Morgan fingerprint density at radius 2 is 1.97 bits per heavy atom. The maximum Gasteiger partial charge on any atom is 0.410 e. The molecule has 0 saturated carbocycles. The highest BCUT2D eigenvalue weighted by Gasteiger charge is 2.35. The molecule has 1 unspecified atom stereocenters. The number of carboxylic acid groups (broad SMARTS) is 1. The van der Waals surface area contributed by atoms with Gasteiger partial charge in [-0.05, 0) is 38.8 Å². The van der Waals surface area contributed by atoms with Crippen LogP contribution in [0.25, 0.3) is 0 Å². The average Bonchev–Trinajstić information content (AvgIpc) is 2.64. The van der Waals surface area contributed by atoms with Gasteiger partial charge in [-0.15, -0.1) is 0 Å². The first-order valence-electron chi connectivity index (χ1n) is 9.26. The Bertz CT molecular complexity index is 865. The van der Waals surface area contributed by atoms with Crippen molar-refractivity contribution < 1.29 is 19.4 Å². The summed E-state index contributed by atoms with van der Waals surface area (Å²) < 4.78 is 5.41. The van der Waals surface area contributed by atoms with E-state index in [0.717, 1.165) is 5.56 Å². The van der Waals surface area contributed by atoms with E-state index >= 15 is 0 Å². The zero-order valence-corrected chi connectivity index (χ0v) is 17.3. The summed E-state index contributed by atoms with van der Waals surface area (Å²) in [5.41, 5.74) is 0.712. The van der Waals surface area contributed by atoms with Crippen LogP contribution in [0, 0.1) is 11.3 Å². The zero-order chi connectivity index (χ0) is 21.3. The van der Waals surface area contributed by atoms with Gasteiger partial charge in [0, 0.05) is 25.2 Å². The van der Waals surface area contributed by atoms with E-state index < -0.39 is 23.8 Å². The molecule has 2 aliphatic rings. The molecular weight excluding hydrogens is 400 g/mol. The third-order valence-electron chi connectivity index (χ3n) is 4.74. The summed E-state index contributed by atoms with van der Waals surface area (Å²) >= 11 is 6.09. The number of halogens is 1. The maximum absolute atomic E-state index is 12.4. The molecule has 0 aliphatic carbocycles. The highest BCUT2D eigenvalue weighted by Crippen LogP contribution is 2.30. The van der Waals surface area contributed by atoms with E-state index in [0.29, 0.717) is 37.6 Å². The number of carbonyl (C=O) groups is 2. The Kier molecular flexibility index (Phi) is 5.71. The standard InChI is InChI=1S/C18H23ClN6O4/c1-18(2,3)29-17(28)24-6-7-25(11(8-20)9-24)14-12-4-5-23(16(26)27)10-13(12)21-15(19)22-14/h11H,4-7,9-10H2,1-3H3,(H,26,27). The lowest BCUT2D eigenvalue weighted by Crippen LogP contribution is -2.56. The molecule has 1 saturated heterocycles. The van der Waals surface area contributed by atoms with E-state index in [1.165, 1.54) is 9.80 Å². The van der Waals surface area contributed by atoms with Crippen molar-refractivity contribution in [2.75, 3.05) is 31.1 Å². The summed E-state index contributed by atoms with van der Waals surface area (Å²) in [6.07, 6.45) is -1.05. The largest absolute Gasteiger partial charge is 0.465 e. The second kappa shape index (κ2) is 7.91. The van der Waals surface area contributed by atoms with Crippen LogP contribution in [0.3, 0.4) is 0 Å². The molecule has 0 radical (unpaired) electrons. The number of hydrogen-bond acceptors (Lipinski definition) is 7. The summed E-state index contributed by atoms with van der Waals surface area (Å²) in [6, 6.07) is 1.59. The van der Waals surface area contributed by atoms with Crippen molar-refractivity contribution in [3.8, 4) is 6.07 Å². The minimum absolute atomic E-state index is 0.00255. The van der Waals surface area contributed by atoms with Crippen molar-refractivity contribution in [3.05, 3.63) is 16.5 Å². The highest BCUT2D eigenvalue weighted by atomic mass is 35.5. The van der Waals surface area contributed by atoms with Crippen LogP contribution in [0.15, 0.2) is 0 Å². The van der Waals surface area contributed by atoms with Crippen molar-refractivity contribution in [2.45, 2.75) is 45.4 Å². The van der Waals surface area contributed by atoms with Crippen LogP contribution >= 0.6 is 11.6 Å². The Morgan fingerprint density at radius 1 is 1.24 bits per heavy atom. The highest BCUT2D eigenvalue weighted by molar-refractivity contribution is 6.28. The second-order valence-corrected chi connectivity index (χ2v) is 8.30. The van der Waals surface area contributed by atoms with Gasteiger partial charge >= 0.3 is 12.2 Å². The molecule has 11 heteroatoms. The number of ether oxygens (including phenoxy) is 1. The monoisotopic (exact) mass is 422 g/mol. The SMILES string of the molecule is CC(C)(C)OC(=O)N1CCN(c2nc(Cl)nc3c2CCN(C(=O)O)C3)C(C#N)C1. The van der Waals surface area contributed by atoms with Crippen molar-refractivity contribution in [3.63, 3.8) is 0 Å². The minimum atomic E-state index is -1.02. The van der Waals surface area contributed by atoms with Crippen molar-refractivity contribution >= 4 is 29.6 Å². The molecule has 1 aromatic heterocycles. The number of nitriles is 1. The van der Waals surface area contributed by atoms with Gasteiger partial charge in [0.1, 0.15) is 17.5 Å². The van der Waals surface area contributed by atoms with Gasteiger partial charge in [-0.25, -0.2) is 19.6 Å². The van der Waals surface area contributed by atoms with Crippen molar-refractivity contribution in [1.29, 1.82) is 5.26 Å². The van der Waals surface area contributed by atoms with Crippen LogP contribution in [-0.2, 0) is 17.7 Å². The predicted molar refractivity (Wildman–Crippen MR) is 104 cm³/mol. The topological polar surface area (TPSA) is 123 Å². The summed E-state index contributed by atoms with van der Waals surface area (Å²) in [4.78, 5) is 36.8. The molecule has 10 nitrogen and oxygen atoms in total. The average molecular weight is 423 g/mol. The Labute approximate surface area is 173 Å². The molecule has 156 valence electrons. The van der Waals surface area contributed by atoms with E-state index in [-0.39, 0.29) is 18.4 Å². The Morgan fingerprint density at radius 3 is 2.59 bits per heavy atom. The lowest BCUT2D eigenvalue weighted by molar-refractivity contribution is 0.0226. The first-order chi connectivity index (χ1) is 13.6. The van der Waals surface area contributed by atoms with E-state index in [2.05, 4.69) is 16.0 Å². The number of nitrogens with zero attached hydrogens (tertiary/aromatic N) is 6. The van der Waals surface area contributed by atoms with E-state index in [1.807, 2.05) is 4.90 Å². The van der Waals surface area contributed by atoms with Gasteiger partial charge in [0.2, 0.25) is 5.28 Å². The normalized spacial score (nSPS) is 19.4. The lowest BCUT2D eigenvalue weighted by atomic mass is 10.0. The lowest BCUT2D eigenvalue weighted by Gasteiger charge is -2.40. The quantitative estimate of drug-likeness (QED) is 0.682. The molecular formula is C18H23ClN6O4. The Hall–Kier alpha value is -2.80. The molecule has 1 aromatic rings. The number of aromatic nitrogens is 2. The molecule has 1 atom stereocenters. The molecule has 0 spiro atoms. The molecule has 3 rings (SSSR count). The molecule has 0 bridgehead atoms. The maximum atomic E-state index is 12.4. The first kappa shape index (κ1) is 20.9. The van der Waals surface area contributed by atoms with Gasteiger partial charge in [0.25, 0.3) is 0 Å². The predicted octanol–water partition coefficient (Wildman–Crippen LogP) is 2.12. The van der Waals surface area contributed by atoms with E-state index in [4.69, 9.17) is 16.3 Å². The van der Waals surface area contributed by atoms with Crippen LogP contribution in [0.2, 0.25) is 5.28 Å². The summed E-state index contributed by atoms with van der Waals surface area (Å²) in [6.45, 7) is 6.72. The first-order valence-corrected chi connectivity index (χ1v) is 9.64. The van der Waals surface area contributed by atoms with Gasteiger partial charge in [-0.1, -0.05) is 0 Å². The number of piperazine rings is 1. The van der Waals surface area contributed by atoms with Crippen LogP contribution in [0.4, 0.5) is 15.4 Å². The summed E-state index contributed by atoms with van der Waals surface area (Å²) in [5.74, 6) is 0.528. The third kappa shape index (κ3) is 4.62. The molecule has 3 heterocycles. The van der Waals surface area contributed by atoms with Crippen LogP contribution in [0.5, 0.6) is 0 Å². The van der Waals surface area contributed by atoms with Gasteiger partial charge in [-0.2, -0.15) is 5.26 Å². The van der Waals surface area contributed by atoms with Crippen LogP contribution < -0.4 is 4.90 Å². The number of fused-ring (bicyclic) bond motifs is 1. The molecule has 1 N–H and O–H groups in total. The third-order valence-corrected chi connectivity index (χ3v) is 4.91. The number of hydrogen-bond donors (Lipinski definition) is 1.